The van der Waals surface area contributed by atoms with Crippen molar-refractivity contribution in [2.75, 3.05) is 24.5 Å². The molecule has 2 aromatic rings. The number of carbonyl (C=O) groups is 1. The number of rotatable bonds is 5. The summed E-state index contributed by atoms with van der Waals surface area (Å²) in [6.45, 7) is 1.22. The first kappa shape index (κ1) is 19.2. The van der Waals surface area contributed by atoms with Crippen molar-refractivity contribution in [2.45, 2.75) is 25.1 Å². The summed E-state index contributed by atoms with van der Waals surface area (Å²) in [7, 11) is 0. The topological polar surface area (TPSA) is 43.8 Å². The van der Waals surface area contributed by atoms with Gasteiger partial charge in [0, 0.05) is 24.0 Å². The molecule has 0 aromatic heterocycles. The number of benzene rings is 2. The number of hydrogen-bond donors (Lipinski definition) is 1. The maximum atomic E-state index is 12.9. The number of hydrogen-bond acceptors (Lipinski definition) is 3. The predicted molar refractivity (Wildman–Crippen MR) is 97.1 cm³/mol. The van der Waals surface area contributed by atoms with E-state index in [0.717, 1.165) is 30.7 Å². The first-order valence-electron chi connectivity index (χ1n) is 8.80. The van der Waals surface area contributed by atoms with Crippen molar-refractivity contribution in [3.8, 4) is 0 Å². The summed E-state index contributed by atoms with van der Waals surface area (Å²) in [5.41, 5.74) is 0.853. The van der Waals surface area contributed by atoms with Crippen LogP contribution in [0.4, 0.5) is 24.5 Å². The lowest BCUT2D eigenvalue weighted by molar-refractivity contribution is -0.139. The van der Waals surface area contributed by atoms with Gasteiger partial charge in [-0.05, 0) is 55.8 Å². The van der Waals surface area contributed by atoms with Gasteiger partial charge >= 0.3 is 12.1 Å². The number of nitrogens with zero attached hydrogens (tertiary/aromatic N) is 2. The van der Waals surface area contributed by atoms with E-state index < -0.39 is 17.7 Å². The first-order valence-corrected chi connectivity index (χ1v) is 8.80. The van der Waals surface area contributed by atoms with E-state index in [9.17, 15) is 18.0 Å². The largest absolute Gasteiger partial charge is 0.480 e. The fraction of sp³-hybridized carbons (Fsp3) is 0.350. The van der Waals surface area contributed by atoms with E-state index in [4.69, 9.17) is 5.11 Å². The molecule has 0 amide bonds. The monoisotopic (exact) mass is 378 g/mol. The molecule has 1 fully saturated rings. The molecule has 1 N–H and O–H groups in total. The maximum Gasteiger partial charge on any atom is 0.416 e. The van der Waals surface area contributed by atoms with Crippen LogP contribution in [-0.4, -0.2) is 41.7 Å². The van der Waals surface area contributed by atoms with Crippen molar-refractivity contribution in [2.24, 2.45) is 0 Å². The van der Waals surface area contributed by atoms with Gasteiger partial charge in [0.15, 0.2) is 0 Å². The summed E-state index contributed by atoms with van der Waals surface area (Å²) in [5.74, 6) is -0.878. The minimum absolute atomic E-state index is 0.0164. The van der Waals surface area contributed by atoms with Crippen LogP contribution in [0.25, 0.3) is 0 Å². The van der Waals surface area contributed by atoms with Gasteiger partial charge in [0.05, 0.1) is 12.1 Å². The minimum Gasteiger partial charge on any atom is -0.480 e. The molecule has 1 aliphatic rings. The van der Waals surface area contributed by atoms with Gasteiger partial charge in [-0.2, -0.15) is 13.2 Å². The molecule has 27 heavy (non-hydrogen) atoms. The smallest absolute Gasteiger partial charge is 0.416 e. The van der Waals surface area contributed by atoms with E-state index in [0.29, 0.717) is 18.8 Å². The SMILES string of the molecule is O=C(O)CN1CCCC(N(c2ccccc2)c2ccc(C(F)(F)F)cc2)C1. The van der Waals surface area contributed by atoms with Crippen LogP contribution in [0.5, 0.6) is 0 Å². The molecule has 7 heteroatoms. The number of anilines is 2. The van der Waals surface area contributed by atoms with Gasteiger partial charge in [-0.3, -0.25) is 9.69 Å². The van der Waals surface area contributed by atoms with Crippen LogP contribution in [0.3, 0.4) is 0 Å². The second-order valence-corrected chi connectivity index (χ2v) is 6.68. The zero-order valence-electron chi connectivity index (χ0n) is 14.7. The Morgan fingerprint density at radius 1 is 1.07 bits per heavy atom. The molecule has 1 unspecified atom stereocenters. The third-order valence-electron chi connectivity index (χ3n) is 4.71. The highest BCUT2D eigenvalue weighted by Gasteiger charge is 2.31. The molecule has 0 bridgehead atoms. The highest BCUT2D eigenvalue weighted by atomic mass is 19.4. The maximum absolute atomic E-state index is 12.9. The van der Waals surface area contributed by atoms with E-state index in [1.807, 2.05) is 40.1 Å². The number of piperidine rings is 1. The molecular weight excluding hydrogens is 357 g/mol. The van der Waals surface area contributed by atoms with E-state index in [-0.39, 0.29) is 12.6 Å². The Bertz CT molecular complexity index is 763. The van der Waals surface area contributed by atoms with Crippen molar-refractivity contribution in [1.82, 2.24) is 4.90 Å². The van der Waals surface area contributed by atoms with E-state index >= 15 is 0 Å². The summed E-state index contributed by atoms with van der Waals surface area (Å²) < 4.78 is 38.7. The Hall–Kier alpha value is -2.54. The highest BCUT2D eigenvalue weighted by molar-refractivity contribution is 5.69. The van der Waals surface area contributed by atoms with E-state index in [1.54, 1.807) is 0 Å². The number of carboxylic acids is 1. The Balaban J connectivity index is 1.91. The van der Waals surface area contributed by atoms with Gasteiger partial charge in [0.25, 0.3) is 0 Å². The zero-order valence-corrected chi connectivity index (χ0v) is 14.7. The zero-order chi connectivity index (χ0) is 19.4. The lowest BCUT2D eigenvalue weighted by Crippen LogP contribution is -2.47. The summed E-state index contributed by atoms with van der Waals surface area (Å²) in [6.07, 6.45) is -2.70. The van der Waals surface area contributed by atoms with Gasteiger partial charge in [-0.25, -0.2) is 0 Å². The quantitative estimate of drug-likeness (QED) is 0.838. The fourth-order valence-electron chi connectivity index (χ4n) is 3.55. The normalized spacial score (nSPS) is 18.3. The van der Waals surface area contributed by atoms with Crippen LogP contribution in [0.1, 0.15) is 18.4 Å². The molecular formula is C20H21F3N2O2. The number of aliphatic carboxylic acids is 1. The second kappa shape index (κ2) is 8.00. The van der Waals surface area contributed by atoms with Crippen molar-refractivity contribution in [3.05, 3.63) is 60.2 Å². The molecule has 1 heterocycles. The van der Waals surface area contributed by atoms with Crippen LogP contribution < -0.4 is 4.90 Å². The summed E-state index contributed by atoms with van der Waals surface area (Å²) in [5, 5.41) is 9.07. The van der Waals surface area contributed by atoms with Gasteiger partial charge in [0.1, 0.15) is 0 Å². The average molecular weight is 378 g/mol. The average Bonchev–Trinajstić information content (AvgIpc) is 2.62. The Morgan fingerprint density at radius 3 is 2.30 bits per heavy atom. The fourth-order valence-corrected chi connectivity index (χ4v) is 3.55. The van der Waals surface area contributed by atoms with Crippen molar-refractivity contribution in [1.29, 1.82) is 0 Å². The number of alkyl halides is 3. The molecule has 0 radical (unpaired) electrons. The molecule has 3 rings (SSSR count). The number of carboxylic acid groups (broad SMARTS) is 1. The summed E-state index contributed by atoms with van der Waals surface area (Å²) in [6, 6.07) is 14.6. The third-order valence-corrected chi connectivity index (χ3v) is 4.71. The number of para-hydroxylation sites is 1. The molecule has 144 valence electrons. The Labute approximate surface area is 155 Å². The lowest BCUT2D eigenvalue weighted by Gasteiger charge is -2.40. The van der Waals surface area contributed by atoms with Gasteiger partial charge in [0.2, 0.25) is 0 Å². The second-order valence-electron chi connectivity index (χ2n) is 6.68. The molecule has 1 aliphatic heterocycles. The Kier molecular flexibility index (Phi) is 5.70. The van der Waals surface area contributed by atoms with Gasteiger partial charge in [-0.1, -0.05) is 18.2 Å². The lowest BCUT2D eigenvalue weighted by atomic mass is 10.0. The van der Waals surface area contributed by atoms with Crippen LogP contribution in [0, 0.1) is 0 Å². The summed E-state index contributed by atoms with van der Waals surface area (Å²) >= 11 is 0. The molecule has 0 saturated carbocycles. The van der Waals surface area contributed by atoms with Crippen LogP contribution >= 0.6 is 0 Å². The highest BCUT2D eigenvalue weighted by Crippen LogP contribution is 2.34. The number of halogens is 3. The van der Waals surface area contributed by atoms with Gasteiger partial charge < -0.3 is 10.0 Å². The molecule has 0 aliphatic carbocycles. The standard InChI is InChI=1S/C20H21F3N2O2/c21-20(22,23)15-8-10-17(11-9-15)25(16-5-2-1-3-6-16)18-7-4-12-24(13-18)14-19(26)27/h1-3,5-6,8-11,18H,4,7,12-14H2,(H,26,27). The van der Waals surface area contributed by atoms with E-state index in [1.165, 1.54) is 12.1 Å². The first-order chi connectivity index (χ1) is 12.8. The molecule has 1 saturated heterocycles. The minimum atomic E-state index is -4.38. The van der Waals surface area contributed by atoms with Crippen molar-refractivity contribution >= 4 is 17.3 Å². The van der Waals surface area contributed by atoms with Crippen molar-refractivity contribution in [3.63, 3.8) is 0 Å². The predicted octanol–water partition coefficient (Wildman–Crippen LogP) is 4.39. The van der Waals surface area contributed by atoms with Crippen LogP contribution in [0.2, 0.25) is 0 Å². The number of likely N-dealkylation sites (tertiary alicyclic amines) is 1. The summed E-state index contributed by atoms with van der Waals surface area (Å²) in [4.78, 5) is 14.9. The van der Waals surface area contributed by atoms with E-state index in [2.05, 4.69) is 0 Å². The third kappa shape index (κ3) is 4.80. The molecule has 2 aromatic carbocycles. The van der Waals surface area contributed by atoms with Gasteiger partial charge in [-0.15, -0.1) is 0 Å². The molecule has 4 nitrogen and oxygen atoms in total. The molecule has 0 spiro atoms. The van der Waals surface area contributed by atoms with Crippen molar-refractivity contribution < 1.29 is 23.1 Å². The molecule has 1 atom stereocenters. The van der Waals surface area contributed by atoms with Crippen LogP contribution in [0.15, 0.2) is 54.6 Å². The Morgan fingerprint density at radius 2 is 1.70 bits per heavy atom. The van der Waals surface area contributed by atoms with Crippen LogP contribution in [-0.2, 0) is 11.0 Å².